The van der Waals surface area contributed by atoms with E-state index in [0.717, 1.165) is 17.1 Å². The van der Waals surface area contributed by atoms with E-state index < -0.39 is 12.2 Å². The summed E-state index contributed by atoms with van der Waals surface area (Å²) >= 11 is 0. The lowest BCUT2D eigenvalue weighted by atomic mass is 10.0. The van der Waals surface area contributed by atoms with Gasteiger partial charge in [0.25, 0.3) is 0 Å². The van der Waals surface area contributed by atoms with E-state index in [0.29, 0.717) is 25.9 Å². The Morgan fingerprint density at radius 3 is 2.55 bits per heavy atom. The Kier molecular flexibility index (Phi) is 6.10. The lowest BCUT2D eigenvalue weighted by Crippen LogP contribution is -2.44. The molecular formula is C21H27F2N3O3. The molecule has 1 aromatic heterocycles. The van der Waals surface area contributed by atoms with Crippen molar-refractivity contribution in [3.8, 4) is 5.75 Å². The van der Waals surface area contributed by atoms with Gasteiger partial charge in [-0.1, -0.05) is 12.1 Å². The second-order valence-corrected chi connectivity index (χ2v) is 8.13. The number of rotatable bonds is 5. The Hall–Kier alpha value is -2.64. The Labute approximate surface area is 169 Å². The largest absolute Gasteiger partial charge is 0.444 e. The third kappa shape index (κ3) is 5.25. The Morgan fingerprint density at radius 2 is 1.93 bits per heavy atom. The molecule has 8 heteroatoms. The molecule has 1 unspecified atom stereocenters. The summed E-state index contributed by atoms with van der Waals surface area (Å²) in [4.78, 5) is 19.0. The maximum atomic E-state index is 12.8. The van der Waals surface area contributed by atoms with Gasteiger partial charge < -0.3 is 14.0 Å². The molecule has 6 nitrogen and oxygen atoms in total. The number of hydrogen-bond donors (Lipinski definition) is 0. The lowest BCUT2D eigenvalue weighted by Gasteiger charge is -2.37. The number of carbonyl (C=O) groups is 1. The predicted molar refractivity (Wildman–Crippen MR) is 104 cm³/mol. The summed E-state index contributed by atoms with van der Waals surface area (Å²) in [5, 5.41) is 0. The van der Waals surface area contributed by atoms with Crippen LogP contribution in [0.1, 0.15) is 50.3 Å². The van der Waals surface area contributed by atoms with Crippen molar-refractivity contribution in [2.24, 2.45) is 0 Å². The number of aryl methyl sites for hydroxylation is 2. The second-order valence-electron chi connectivity index (χ2n) is 8.13. The first-order valence-corrected chi connectivity index (χ1v) is 9.69. The van der Waals surface area contributed by atoms with Crippen LogP contribution in [-0.4, -0.2) is 39.3 Å². The zero-order valence-electron chi connectivity index (χ0n) is 17.2. The van der Waals surface area contributed by atoms with Gasteiger partial charge in [-0.2, -0.15) is 8.78 Å². The summed E-state index contributed by atoms with van der Waals surface area (Å²) in [6.45, 7) is 5.88. The smallest absolute Gasteiger partial charge is 0.410 e. The minimum absolute atomic E-state index is 0.130. The van der Waals surface area contributed by atoms with Crippen molar-refractivity contribution >= 4 is 6.09 Å². The van der Waals surface area contributed by atoms with Crippen LogP contribution in [0.15, 0.2) is 30.5 Å². The molecule has 29 heavy (non-hydrogen) atoms. The van der Waals surface area contributed by atoms with Gasteiger partial charge in [-0.15, -0.1) is 0 Å². The first-order valence-electron chi connectivity index (χ1n) is 9.69. The fourth-order valence-corrected chi connectivity index (χ4v) is 3.55. The van der Waals surface area contributed by atoms with Gasteiger partial charge >= 0.3 is 12.7 Å². The maximum absolute atomic E-state index is 12.8. The molecule has 1 atom stereocenters. The standard InChI is InChI=1S/C21H27F2N3O3/c1-14-24-13-18-17(10-7-15-5-8-16(9-6-15)28-19(22)23)26(12-11-25(14)18)20(27)29-21(2,3)4/h5-6,8-9,13,17,19H,7,10-12H2,1-4H3. The van der Waals surface area contributed by atoms with E-state index in [1.165, 1.54) is 12.1 Å². The molecular weight excluding hydrogens is 380 g/mol. The topological polar surface area (TPSA) is 56.6 Å². The lowest BCUT2D eigenvalue weighted by molar-refractivity contribution is -0.0498. The van der Waals surface area contributed by atoms with E-state index in [4.69, 9.17) is 4.74 Å². The molecule has 1 aliphatic rings. The van der Waals surface area contributed by atoms with E-state index >= 15 is 0 Å². The van der Waals surface area contributed by atoms with Gasteiger partial charge in [-0.25, -0.2) is 9.78 Å². The van der Waals surface area contributed by atoms with Gasteiger partial charge in [0.2, 0.25) is 0 Å². The first kappa shape index (κ1) is 21.1. The van der Waals surface area contributed by atoms with Crippen molar-refractivity contribution < 1.29 is 23.0 Å². The molecule has 0 aliphatic carbocycles. The molecule has 2 aromatic rings. The van der Waals surface area contributed by atoms with Gasteiger partial charge in [0, 0.05) is 13.1 Å². The summed E-state index contributed by atoms with van der Waals surface area (Å²) in [6.07, 6.45) is 2.81. The van der Waals surface area contributed by atoms with Crippen molar-refractivity contribution in [3.05, 3.63) is 47.5 Å². The van der Waals surface area contributed by atoms with Crippen molar-refractivity contribution in [2.45, 2.75) is 65.3 Å². The molecule has 0 saturated heterocycles. The highest BCUT2D eigenvalue weighted by Gasteiger charge is 2.34. The maximum Gasteiger partial charge on any atom is 0.410 e. The van der Waals surface area contributed by atoms with Crippen LogP contribution < -0.4 is 4.74 Å². The van der Waals surface area contributed by atoms with Crippen molar-refractivity contribution in [3.63, 3.8) is 0 Å². The highest BCUT2D eigenvalue weighted by molar-refractivity contribution is 5.69. The quantitative estimate of drug-likeness (QED) is 0.720. The molecule has 0 radical (unpaired) electrons. The van der Waals surface area contributed by atoms with Crippen LogP contribution in [0.3, 0.4) is 0 Å². The first-order chi connectivity index (χ1) is 13.6. The number of amides is 1. The molecule has 0 spiro atoms. The molecule has 0 N–H and O–H groups in total. The number of halogens is 2. The normalized spacial score (nSPS) is 16.7. The number of fused-ring (bicyclic) bond motifs is 1. The molecule has 158 valence electrons. The van der Waals surface area contributed by atoms with Crippen LogP contribution in [0.4, 0.5) is 13.6 Å². The monoisotopic (exact) mass is 407 g/mol. The molecule has 0 saturated carbocycles. The molecule has 1 amide bonds. The van der Waals surface area contributed by atoms with Crippen LogP contribution in [-0.2, 0) is 17.7 Å². The Morgan fingerprint density at radius 1 is 1.24 bits per heavy atom. The number of imidazole rings is 1. The third-order valence-corrected chi connectivity index (χ3v) is 4.85. The molecule has 0 bridgehead atoms. The zero-order chi connectivity index (χ0) is 21.2. The minimum Gasteiger partial charge on any atom is -0.444 e. The van der Waals surface area contributed by atoms with Crippen molar-refractivity contribution in [1.82, 2.24) is 14.5 Å². The summed E-state index contributed by atoms with van der Waals surface area (Å²) in [5.41, 5.74) is 1.39. The number of hydrogen-bond acceptors (Lipinski definition) is 4. The van der Waals surface area contributed by atoms with Crippen LogP contribution in [0.5, 0.6) is 5.75 Å². The summed E-state index contributed by atoms with van der Waals surface area (Å²) in [6, 6.07) is 6.42. The number of alkyl halides is 2. The molecule has 1 aromatic carbocycles. The number of nitrogens with zero attached hydrogens (tertiary/aromatic N) is 3. The van der Waals surface area contributed by atoms with E-state index in [2.05, 4.69) is 14.3 Å². The molecule has 3 rings (SSSR count). The van der Waals surface area contributed by atoms with Gasteiger partial charge in [0.05, 0.1) is 17.9 Å². The summed E-state index contributed by atoms with van der Waals surface area (Å²) in [7, 11) is 0. The van der Waals surface area contributed by atoms with Gasteiger partial charge in [0.1, 0.15) is 17.2 Å². The van der Waals surface area contributed by atoms with E-state index in [1.807, 2.05) is 33.9 Å². The van der Waals surface area contributed by atoms with Crippen LogP contribution in [0, 0.1) is 6.92 Å². The van der Waals surface area contributed by atoms with E-state index in [-0.39, 0.29) is 17.9 Å². The minimum atomic E-state index is -2.84. The highest BCUT2D eigenvalue weighted by atomic mass is 19.3. The SMILES string of the molecule is Cc1ncc2n1CCN(C(=O)OC(C)(C)C)C2CCc1ccc(OC(F)F)cc1. The van der Waals surface area contributed by atoms with Gasteiger partial charge in [-0.3, -0.25) is 4.90 Å². The van der Waals surface area contributed by atoms with E-state index in [9.17, 15) is 13.6 Å². The molecule has 0 fully saturated rings. The predicted octanol–water partition coefficient (Wildman–Crippen LogP) is 4.72. The van der Waals surface area contributed by atoms with E-state index in [1.54, 1.807) is 17.0 Å². The number of aromatic nitrogens is 2. The molecule has 2 heterocycles. The Bertz CT molecular complexity index is 844. The highest BCUT2D eigenvalue weighted by Crippen LogP contribution is 2.32. The Balaban J connectivity index is 1.76. The average Bonchev–Trinajstić information content (AvgIpc) is 3.00. The summed E-state index contributed by atoms with van der Waals surface area (Å²) in [5.74, 6) is 1.05. The number of carbonyl (C=O) groups excluding carboxylic acids is 1. The van der Waals surface area contributed by atoms with Crippen LogP contribution >= 0.6 is 0 Å². The number of ether oxygens (including phenoxy) is 2. The second kappa shape index (κ2) is 8.39. The van der Waals surface area contributed by atoms with Crippen molar-refractivity contribution in [2.75, 3.05) is 6.54 Å². The van der Waals surface area contributed by atoms with Crippen molar-refractivity contribution in [1.29, 1.82) is 0 Å². The number of benzene rings is 1. The van der Waals surface area contributed by atoms with Gasteiger partial charge in [0.15, 0.2) is 0 Å². The average molecular weight is 407 g/mol. The fraction of sp³-hybridized carbons (Fsp3) is 0.524. The summed E-state index contributed by atoms with van der Waals surface area (Å²) < 4.78 is 36.7. The van der Waals surface area contributed by atoms with Crippen LogP contribution in [0.2, 0.25) is 0 Å². The molecule has 1 aliphatic heterocycles. The van der Waals surface area contributed by atoms with Crippen LogP contribution in [0.25, 0.3) is 0 Å². The zero-order valence-corrected chi connectivity index (χ0v) is 17.2. The third-order valence-electron chi connectivity index (χ3n) is 4.85. The fourth-order valence-electron chi connectivity index (χ4n) is 3.55. The van der Waals surface area contributed by atoms with Gasteiger partial charge in [-0.05, 0) is 58.2 Å².